The van der Waals surface area contributed by atoms with Gasteiger partial charge in [-0.1, -0.05) is 30.4 Å². The molecule has 4 aliphatic carbocycles. The Bertz CT molecular complexity index is 1010. The number of imide groups is 1. The number of allylic oxidation sites excluding steroid dienone is 2. The summed E-state index contributed by atoms with van der Waals surface area (Å²) in [6.07, 6.45) is 9.26. The number of hydrogen-bond donors (Lipinski definition) is 0. The number of hydrogen-bond acceptors (Lipinski definition) is 3. The summed E-state index contributed by atoms with van der Waals surface area (Å²) in [7, 11) is 0. The Morgan fingerprint density at radius 1 is 1.07 bits per heavy atom. The Morgan fingerprint density at radius 3 is 2.41 bits per heavy atom. The zero-order valence-electron chi connectivity index (χ0n) is 15.2. The molecule has 5 aliphatic rings. The molecule has 0 N–H and O–H groups in total. The fourth-order valence-electron chi connectivity index (χ4n) is 5.81. The summed E-state index contributed by atoms with van der Waals surface area (Å²) in [4.78, 5) is 26.0. The number of carbonyl (C=O) groups is 2. The van der Waals surface area contributed by atoms with Gasteiger partial charge in [0.1, 0.15) is 0 Å². The normalized spacial score (nSPS) is 36.1. The molecule has 6 atom stereocenters. The molecule has 2 heterocycles. The molecule has 1 aromatic carbocycles. The van der Waals surface area contributed by atoms with Crippen LogP contribution in [0, 0.1) is 35.5 Å². The van der Waals surface area contributed by atoms with Gasteiger partial charge in [-0.2, -0.15) is 10.1 Å². The van der Waals surface area contributed by atoms with Gasteiger partial charge in [0.05, 0.1) is 18.1 Å². The van der Waals surface area contributed by atoms with Gasteiger partial charge < -0.3 is 4.57 Å². The molecule has 6 unspecified atom stereocenters. The lowest BCUT2D eigenvalue weighted by atomic mass is 9.63. The van der Waals surface area contributed by atoms with E-state index in [0.29, 0.717) is 11.8 Å². The van der Waals surface area contributed by atoms with Crippen molar-refractivity contribution >= 4 is 28.9 Å². The van der Waals surface area contributed by atoms with Crippen molar-refractivity contribution in [3.8, 4) is 0 Å². The summed E-state index contributed by atoms with van der Waals surface area (Å²) >= 11 is 0. The molecule has 0 spiro atoms. The molecule has 1 saturated heterocycles. The summed E-state index contributed by atoms with van der Waals surface area (Å²) < 4.78 is 2.15. The largest absolute Gasteiger partial charge is 0.347 e. The van der Waals surface area contributed by atoms with E-state index in [1.54, 1.807) is 6.21 Å². The zero-order valence-corrected chi connectivity index (χ0v) is 15.2. The minimum atomic E-state index is -0.189. The number of fused-ring (bicyclic) bond motifs is 1. The maximum atomic E-state index is 13.0. The van der Waals surface area contributed by atoms with Gasteiger partial charge in [0.15, 0.2) is 0 Å². The van der Waals surface area contributed by atoms with Gasteiger partial charge in [-0.15, -0.1) is 0 Å². The summed E-state index contributed by atoms with van der Waals surface area (Å²) in [6, 6.07) is 8.14. The van der Waals surface area contributed by atoms with Crippen molar-refractivity contribution in [2.45, 2.75) is 19.9 Å². The van der Waals surface area contributed by atoms with Gasteiger partial charge in [-0.25, -0.2) is 0 Å². The molecule has 136 valence electrons. The molecule has 2 saturated carbocycles. The second-order valence-electron chi connectivity index (χ2n) is 8.28. The Hall–Kier alpha value is -2.69. The Kier molecular flexibility index (Phi) is 2.95. The number of rotatable bonds is 3. The lowest BCUT2D eigenvalue weighted by Crippen LogP contribution is -2.40. The first-order chi connectivity index (χ1) is 13.2. The van der Waals surface area contributed by atoms with E-state index in [2.05, 4.69) is 34.8 Å². The van der Waals surface area contributed by atoms with Crippen LogP contribution in [0.2, 0.25) is 0 Å². The lowest BCUT2D eigenvalue weighted by Gasteiger charge is -2.37. The van der Waals surface area contributed by atoms with Gasteiger partial charge in [-0.05, 0) is 43.1 Å². The maximum absolute atomic E-state index is 13.0. The van der Waals surface area contributed by atoms with Crippen molar-refractivity contribution in [3.63, 3.8) is 0 Å². The number of aromatic nitrogens is 1. The summed E-state index contributed by atoms with van der Waals surface area (Å²) in [5, 5.41) is 6.63. The third-order valence-corrected chi connectivity index (χ3v) is 7.11. The van der Waals surface area contributed by atoms with Crippen LogP contribution in [0.1, 0.15) is 18.9 Å². The number of aryl methyl sites for hydroxylation is 1. The average molecular weight is 359 g/mol. The monoisotopic (exact) mass is 359 g/mol. The molecule has 27 heavy (non-hydrogen) atoms. The Morgan fingerprint density at radius 2 is 1.74 bits per heavy atom. The highest BCUT2D eigenvalue weighted by atomic mass is 16.2. The number of amides is 2. The van der Waals surface area contributed by atoms with E-state index < -0.39 is 0 Å². The van der Waals surface area contributed by atoms with Crippen LogP contribution in [0.25, 0.3) is 10.9 Å². The highest BCUT2D eigenvalue weighted by Gasteiger charge is 2.67. The third-order valence-electron chi connectivity index (χ3n) is 7.11. The molecule has 1 aliphatic heterocycles. The summed E-state index contributed by atoms with van der Waals surface area (Å²) in [6.45, 7) is 2.96. The van der Waals surface area contributed by atoms with Crippen molar-refractivity contribution in [2.24, 2.45) is 40.6 Å². The minimum Gasteiger partial charge on any atom is -0.347 e. The number of hydrazone groups is 1. The van der Waals surface area contributed by atoms with Crippen LogP contribution in [0.4, 0.5) is 0 Å². The Labute approximate surface area is 157 Å². The van der Waals surface area contributed by atoms with Crippen LogP contribution in [-0.2, 0) is 16.1 Å². The molecule has 3 fully saturated rings. The molecule has 2 amide bonds. The first kappa shape index (κ1) is 15.4. The average Bonchev–Trinajstić information content (AvgIpc) is 3.40. The van der Waals surface area contributed by atoms with Crippen molar-refractivity contribution < 1.29 is 9.59 Å². The number of nitrogens with zero attached hydrogens (tertiary/aromatic N) is 3. The van der Waals surface area contributed by atoms with Crippen LogP contribution in [0.15, 0.2) is 47.7 Å². The first-order valence-electron chi connectivity index (χ1n) is 9.87. The fourth-order valence-corrected chi connectivity index (χ4v) is 5.81. The zero-order chi connectivity index (χ0) is 18.3. The third kappa shape index (κ3) is 1.92. The smallest absolute Gasteiger partial charge is 0.254 e. The molecule has 2 aromatic rings. The van der Waals surface area contributed by atoms with Crippen LogP contribution in [0.3, 0.4) is 0 Å². The minimum absolute atomic E-state index is 0.106. The summed E-state index contributed by atoms with van der Waals surface area (Å²) in [5.74, 6) is 1.12. The van der Waals surface area contributed by atoms with Crippen LogP contribution < -0.4 is 0 Å². The van der Waals surface area contributed by atoms with Gasteiger partial charge in [-0.3, -0.25) is 9.59 Å². The summed E-state index contributed by atoms with van der Waals surface area (Å²) in [5.41, 5.74) is 2.07. The van der Waals surface area contributed by atoms with Crippen molar-refractivity contribution in [3.05, 3.63) is 48.2 Å². The van der Waals surface area contributed by atoms with Gasteiger partial charge in [0.2, 0.25) is 0 Å². The van der Waals surface area contributed by atoms with Gasteiger partial charge >= 0.3 is 0 Å². The molecular weight excluding hydrogens is 338 g/mol. The molecule has 2 bridgehead atoms. The molecule has 5 heteroatoms. The molecular formula is C22H21N3O2. The lowest BCUT2D eigenvalue weighted by molar-refractivity contribution is -0.140. The van der Waals surface area contributed by atoms with Gasteiger partial charge in [0, 0.05) is 29.2 Å². The van der Waals surface area contributed by atoms with E-state index in [4.69, 9.17) is 0 Å². The highest BCUT2D eigenvalue weighted by Crippen LogP contribution is 2.65. The molecule has 5 nitrogen and oxygen atoms in total. The van der Waals surface area contributed by atoms with E-state index in [1.165, 1.54) is 6.42 Å². The van der Waals surface area contributed by atoms with E-state index in [-0.39, 0.29) is 35.5 Å². The van der Waals surface area contributed by atoms with Crippen molar-refractivity contribution in [1.29, 1.82) is 0 Å². The predicted octanol–water partition coefficient (Wildman–Crippen LogP) is 3.05. The highest BCUT2D eigenvalue weighted by molar-refractivity contribution is 6.07. The number of para-hydroxylation sites is 1. The van der Waals surface area contributed by atoms with Gasteiger partial charge in [0.25, 0.3) is 11.8 Å². The number of benzene rings is 1. The molecule has 0 radical (unpaired) electrons. The quantitative estimate of drug-likeness (QED) is 0.480. The first-order valence-corrected chi connectivity index (χ1v) is 9.87. The van der Waals surface area contributed by atoms with Crippen LogP contribution in [0.5, 0.6) is 0 Å². The second-order valence-corrected chi connectivity index (χ2v) is 8.28. The van der Waals surface area contributed by atoms with Crippen LogP contribution in [-0.4, -0.2) is 27.6 Å². The Balaban J connectivity index is 1.35. The van der Waals surface area contributed by atoms with E-state index in [0.717, 1.165) is 28.0 Å². The van der Waals surface area contributed by atoms with E-state index in [9.17, 15) is 9.59 Å². The van der Waals surface area contributed by atoms with Crippen LogP contribution >= 0.6 is 0 Å². The number of carbonyl (C=O) groups excluding carboxylic acids is 2. The van der Waals surface area contributed by atoms with Crippen molar-refractivity contribution in [2.75, 3.05) is 0 Å². The van der Waals surface area contributed by atoms with Crippen molar-refractivity contribution in [1.82, 2.24) is 9.58 Å². The second kappa shape index (κ2) is 5.18. The predicted molar refractivity (Wildman–Crippen MR) is 102 cm³/mol. The van der Waals surface area contributed by atoms with E-state index in [1.807, 2.05) is 24.4 Å². The molecule has 1 aromatic heterocycles. The molecule has 7 rings (SSSR count). The van der Waals surface area contributed by atoms with E-state index >= 15 is 0 Å². The SMILES string of the molecule is CCn1cc(/C=N/N2C(=O)C3C4C=CC(C5CC45)C3C2=O)c2ccccc21. The maximum Gasteiger partial charge on any atom is 0.254 e. The fraction of sp³-hybridized carbons (Fsp3) is 0.409. The standard InChI is InChI=1S/C22H21N3O2/c1-2-24-11-12(13-5-3-4-6-18(13)24)10-23-25-21(26)19-14-7-8-15(17-9-16(14)17)20(19)22(25)27/h3-8,10-11,14-17,19-20H,2,9H2,1H3/b23-10+. The topological polar surface area (TPSA) is 54.7 Å².